The standard InChI is InChI=1S/C42H47N9O7/c1-25(56-2)36(49-42(55)57-3)40(53)51-21-7-10-34(51)38-46-24-32(48-38)29-17-13-27(14-18-29)26-11-15-28(16-12-26)31-23-45-37(47-31)33-9-6-20-50(33)39(52)35(58-41(43)54)22-30-8-4-5-19-44-30/h4-5,8,11-19,23-25,33-36H,6-7,9-10,20-22H2,1-3H3,(H2,43,54)(H,45,47)(H,46,48)(H,49,55)/t25-,33+,34?,35+,36?/m1/s1. The highest BCUT2D eigenvalue weighted by molar-refractivity contribution is 5.87. The molecule has 3 aromatic heterocycles. The molecule has 302 valence electrons. The van der Waals surface area contributed by atoms with Gasteiger partial charge in [0.15, 0.2) is 6.10 Å². The molecule has 5 aromatic rings. The molecule has 0 saturated carbocycles. The minimum Gasteiger partial charge on any atom is -0.453 e. The quantitative estimate of drug-likeness (QED) is 0.121. The Morgan fingerprint density at radius 1 is 0.776 bits per heavy atom. The Kier molecular flexibility index (Phi) is 12.1. The van der Waals surface area contributed by atoms with Gasteiger partial charge in [0.25, 0.3) is 5.91 Å². The van der Waals surface area contributed by atoms with Gasteiger partial charge in [-0.15, -0.1) is 0 Å². The number of hydrogen-bond acceptors (Lipinski definition) is 10. The number of likely N-dealkylation sites (tertiary alicyclic amines) is 2. The predicted molar refractivity (Wildman–Crippen MR) is 213 cm³/mol. The van der Waals surface area contributed by atoms with Gasteiger partial charge in [0.1, 0.15) is 17.7 Å². The molecule has 16 nitrogen and oxygen atoms in total. The van der Waals surface area contributed by atoms with Crippen LogP contribution in [0.4, 0.5) is 9.59 Å². The van der Waals surface area contributed by atoms with E-state index in [1.165, 1.54) is 14.2 Å². The first kappa shape index (κ1) is 39.7. The Morgan fingerprint density at radius 2 is 1.31 bits per heavy atom. The van der Waals surface area contributed by atoms with Crippen LogP contribution >= 0.6 is 0 Å². The molecular formula is C42H47N9O7. The van der Waals surface area contributed by atoms with Gasteiger partial charge in [0, 0.05) is 38.5 Å². The fourth-order valence-electron chi connectivity index (χ4n) is 7.71. The molecule has 0 radical (unpaired) electrons. The molecule has 2 fully saturated rings. The molecule has 0 spiro atoms. The maximum atomic E-state index is 13.7. The second kappa shape index (κ2) is 17.7. The van der Waals surface area contributed by atoms with Crippen LogP contribution < -0.4 is 11.1 Å². The van der Waals surface area contributed by atoms with Crippen molar-refractivity contribution < 1.29 is 33.4 Å². The van der Waals surface area contributed by atoms with Crippen molar-refractivity contribution in [2.45, 2.75) is 69.4 Å². The molecule has 2 aromatic carbocycles. The molecule has 16 heteroatoms. The number of methoxy groups -OCH3 is 2. The Bertz CT molecular complexity index is 2210. The number of aromatic amines is 2. The van der Waals surface area contributed by atoms with Crippen molar-refractivity contribution in [3.05, 3.63) is 103 Å². The maximum Gasteiger partial charge on any atom is 0.407 e. The van der Waals surface area contributed by atoms with Crippen LogP contribution in [0.25, 0.3) is 33.6 Å². The van der Waals surface area contributed by atoms with Crippen LogP contribution in [0.1, 0.15) is 62.0 Å². The zero-order valence-electron chi connectivity index (χ0n) is 32.6. The van der Waals surface area contributed by atoms with E-state index in [1.807, 2.05) is 42.5 Å². The van der Waals surface area contributed by atoms with E-state index in [1.54, 1.807) is 47.4 Å². The van der Waals surface area contributed by atoms with Crippen molar-refractivity contribution >= 4 is 24.0 Å². The number of H-pyrrole nitrogens is 2. The van der Waals surface area contributed by atoms with Crippen LogP contribution in [-0.2, 0) is 30.2 Å². The van der Waals surface area contributed by atoms with Crippen LogP contribution in [0.2, 0.25) is 0 Å². The molecular weight excluding hydrogens is 743 g/mol. The Morgan fingerprint density at radius 3 is 1.79 bits per heavy atom. The zero-order valence-corrected chi connectivity index (χ0v) is 32.6. The van der Waals surface area contributed by atoms with Crippen LogP contribution in [0.3, 0.4) is 0 Å². The number of benzene rings is 2. The fourth-order valence-corrected chi connectivity index (χ4v) is 7.71. The summed E-state index contributed by atoms with van der Waals surface area (Å²) in [7, 11) is 2.75. The number of imidazole rings is 2. The smallest absolute Gasteiger partial charge is 0.407 e. The van der Waals surface area contributed by atoms with Gasteiger partial charge in [-0.3, -0.25) is 14.6 Å². The monoisotopic (exact) mass is 789 g/mol. The lowest BCUT2D eigenvalue weighted by molar-refractivity contribution is -0.141. The normalized spacial score (nSPS) is 18.1. The van der Waals surface area contributed by atoms with Crippen molar-refractivity contribution in [1.29, 1.82) is 0 Å². The second-order valence-electron chi connectivity index (χ2n) is 14.4. The number of primary amides is 1. The summed E-state index contributed by atoms with van der Waals surface area (Å²) in [5, 5.41) is 2.62. The van der Waals surface area contributed by atoms with Gasteiger partial charge >= 0.3 is 12.2 Å². The minimum atomic E-state index is -1.09. The van der Waals surface area contributed by atoms with Crippen molar-refractivity contribution in [1.82, 2.24) is 40.0 Å². The van der Waals surface area contributed by atoms with Crippen molar-refractivity contribution in [2.75, 3.05) is 27.3 Å². The first-order valence-corrected chi connectivity index (χ1v) is 19.3. The number of ether oxygens (including phenoxy) is 3. The molecule has 2 saturated heterocycles. The Balaban J connectivity index is 0.999. The number of carbonyl (C=O) groups excluding carboxylic acids is 4. The highest BCUT2D eigenvalue weighted by atomic mass is 16.6. The number of amides is 4. The van der Waals surface area contributed by atoms with Crippen LogP contribution in [0.5, 0.6) is 0 Å². The van der Waals surface area contributed by atoms with Gasteiger partial charge in [-0.25, -0.2) is 19.6 Å². The van der Waals surface area contributed by atoms with Crippen LogP contribution in [0.15, 0.2) is 85.3 Å². The Hall–Kier alpha value is -6.55. The molecule has 5 heterocycles. The van der Waals surface area contributed by atoms with Crippen molar-refractivity contribution in [2.24, 2.45) is 5.73 Å². The van der Waals surface area contributed by atoms with Crippen molar-refractivity contribution in [3.63, 3.8) is 0 Å². The van der Waals surface area contributed by atoms with Gasteiger partial charge in [0.2, 0.25) is 5.91 Å². The van der Waals surface area contributed by atoms with E-state index >= 15 is 0 Å². The minimum absolute atomic E-state index is 0.118. The lowest BCUT2D eigenvalue weighted by Crippen LogP contribution is -2.54. The number of alkyl carbamates (subject to hydrolysis) is 1. The van der Waals surface area contributed by atoms with Crippen molar-refractivity contribution in [3.8, 4) is 33.6 Å². The Labute approximate surface area is 335 Å². The van der Waals surface area contributed by atoms with E-state index < -0.39 is 30.4 Å². The van der Waals surface area contributed by atoms with E-state index in [0.29, 0.717) is 36.9 Å². The van der Waals surface area contributed by atoms with E-state index in [4.69, 9.17) is 19.9 Å². The third-order valence-electron chi connectivity index (χ3n) is 10.8. The summed E-state index contributed by atoms with van der Waals surface area (Å²) in [6.45, 7) is 2.77. The summed E-state index contributed by atoms with van der Waals surface area (Å²) in [5.41, 5.74) is 11.5. The summed E-state index contributed by atoms with van der Waals surface area (Å²) in [6, 6.07) is 20.2. The first-order valence-electron chi connectivity index (χ1n) is 19.3. The number of nitrogens with two attached hydrogens (primary N) is 1. The SMILES string of the molecule is COC(=O)NC(C(=O)N1CCCC1c1ncc(-c2ccc(-c3ccc(-c4cnc([C@@H]5CCCN5C(=O)[C@H](Cc5ccccn5)OC(N)=O)[nH]4)cc3)cc2)[nH]1)[C@@H](C)OC. The molecule has 5 N–H and O–H groups in total. The molecule has 0 bridgehead atoms. The maximum absolute atomic E-state index is 13.7. The van der Waals surface area contributed by atoms with E-state index in [-0.39, 0.29) is 30.3 Å². The molecule has 2 unspecified atom stereocenters. The molecule has 0 aliphatic carbocycles. The molecule has 7 rings (SSSR count). The molecule has 2 aliphatic heterocycles. The highest BCUT2D eigenvalue weighted by Gasteiger charge is 2.39. The zero-order chi connectivity index (χ0) is 40.8. The summed E-state index contributed by atoms with van der Waals surface area (Å²) in [5.74, 6) is 0.748. The molecule has 2 aliphatic rings. The number of carbonyl (C=O) groups is 4. The number of pyridine rings is 1. The third kappa shape index (κ3) is 8.71. The molecule has 5 atom stereocenters. The summed E-state index contributed by atoms with van der Waals surface area (Å²) in [6.07, 6.45) is 4.95. The highest BCUT2D eigenvalue weighted by Crippen LogP contribution is 2.35. The summed E-state index contributed by atoms with van der Waals surface area (Å²) < 4.78 is 15.4. The lowest BCUT2D eigenvalue weighted by Gasteiger charge is -2.30. The van der Waals surface area contributed by atoms with E-state index in [0.717, 1.165) is 52.9 Å². The lowest BCUT2D eigenvalue weighted by atomic mass is 10.0. The molecule has 58 heavy (non-hydrogen) atoms. The second-order valence-corrected chi connectivity index (χ2v) is 14.4. The number of nitrogens with zero attached hydrogens (tertiary/aromatic N) is 5. The predicted octanol–water partition coefficient (Wildman–Crippen LogP) is 5.32. The summed E-state index contributed by atoms with van der Waals surface area (Å²) >= 11 is 0. The average molecular weight is 790 g/mol. The van der Waals surface area contributed by atoms with Gasteiger partial charge < -0.3 is 45.0 Å². The van der Waals surface area contributed by atoms with Gasteiger partial charge in [-0.05, 0) is 67.0 Å². The summed E-state index contributed by atoms with van der Waals surface area (Å²) in [4.78, 5) is 74.9. The van der Waals surface area contributed by atoms with E-state index in [9.17, 15) is 19.2 Å². The fraction of sp³-hybridized carbons (Fsp3) is 0.357. The number of hydrogen-bond donors (Lipinski definition) is 4. The van der Waals surface area contributed by atoms with Gasteiger partial charge in [-0.1, -0.05) is 54.6 Å². The number of rotatable bonds is 13. The topological polar surface area (TPSA) is 211 Å². The largest absolute Gasteiger partial charge is 0.453 e. The average Bonchev–Trinajstić information content (AvgIpc) is 4.09. The third-order valence-corrected chi connectivity index (χ3v) is 10.8. The molecule has 4 amide bonds. The first-order chi connectivity index (χ1) is 28.1. The van der Waals surface area contributed by atoms with Gasteiger partial charge in [-0.2, -0.15) is 0 Å². The van der Waals surface area contributed by atoms with Gasteiger partial charge in [0.05, 0.1) is 49.1 Å². The number of aromatic nitrogens is 5. The van der Waals surface area contributed by atoms with E-state index in [2.05, 4.69) is 42.4 Å². The van der Waals surface area contributed by atoms with Crippen LogP contribution in [-0.4, -0.2) is 104 Å². The number of nitrogens with one attached hydrogen (secondary N) is 3. The van der Waals surface area contributed by atoms with Crippen LogP contribution in [0, 0.1) is 0 Å².